The molecule has 124 valence electrons. The van der Waals surface area contributed by atoms with E-state index in [1.54, 1.807) is 0 Å². The highest BCUT2D eigenvalue weighted by Crippen LogP contribution is 2.36. The molecule has 0 aromatic carbocycles. The minimum Gasteiger partial charge on any atom is -0.352 e. The number of hydrogen-bond donors (Lipinski definition) is 0. The van der Waals surface area contributed by atoms with Crippen LogP contribution in [0.4, 0.5) is 19.0 Å². The number of rotatable bonds is 1. The van der Waals surface area contributed by atoms with E-state index in [0.29, 0.717) is 12.5 Å². The van der Waals surface area contributed by atoms with Gasteiger partial charge in [0.25, 0.3) is 0 Å². The highest BCUT2D eigenvalue weighted by molar-refractivity contribution is 5.55. The molecule has 0 saturated carbocycles. The van der Waals surface area contributed by atoms with Gasteiger partial charge in [-0.1, -0.05) is 0 Å². The summed E-state index contributed by atoms with van der Waals surface area (Å²) in [5, 5.41) is 9.27. The number of alkyl halides is 3. The largest absolute Gasteiger partial charge is 0.433 e. The van der Waals surface area contributed by atoms with E-state index in [-0.39, 0.29) is 17.4 Å². The Hall–Kier alpha value is -1.81. The minimum absolute atomic E-state index is 0.169. The smallest absolute Gasteiger partial charge is 0.352 e. The molecule has 0 unspecified atom stereocenters. The van der Waals surface area contributed by atoms with Crippen LogP contribution in [0, 0.1) is 17.2 Å². The standard InChI is InChI=1S/C16H19F3N4/c1-22-8-6-13-12(10-22)3-2-7-23(13)15-11(9-20)4-5-14(21-15)16(17,18)19/h4-5,12-13H,2-3,6-8,10H2,1H3/t12-,13-/m0/s1. The number of piperidine rings is 2. The fraction of sp³-hybridized carbons (Fsp3) is 0.625. The van der Waals surface area contributed by atoms with Crippen molar-refractivity contribution in [1.82, 2.24) is 9.88 Å². The van der Waals surface area contributed by atoms with Gasteiger partial charge in [-0.3, -0.25) is 0 Å². The Kier molecular flexibility index (Phi) is 4.19. The second-order valence-electron chi connectivity index (χ2n) is 6.39. The van der Waals surface area contributed by atoms with Crippen molar-refractivity contribution in [2.45, 2.75) is 31.5 Å². The maximum atomic E-state index is 13.0. The van der Waals surface area contributed by atoms with Crippen LogP contribution in [0.25, 0.3) is 0 Å². The van der Waals surface area contributed by atoms with Crippen LogP contribution in [0.1, 0.15) is 30.5 Å². The average Bonchev–Trinajstić information content (AvgIpc) is 2.52. The molecule has 1 aromatic heterocycles. The molecule has 1 aromatic rings. The van der Waals surface area contributed by atoms with Crippen LogP contribution in [-0.4, -0.2) is 42.6 Å². The van der Waals surface area contributed by atoms with E-state index >= 15 is 0 Å². The Morgan fingerprint density at radius 3 is 2.74 bits per heavy atom. The van der Waals surface area contributed by atoms with Gasteiger partial charge >= 0.3 is 6.18 Å². The van der Waals surface area contributed by atoms with Crippen LogP contribution >= 0.6 is 0 Å². The van der Waals surface area contributed by atoms with Crippen LogP contribution in [-0.2, 0) is 6.18 Å². The molecule has 2 atom stereocenters. The Morgan fingerprint density at radius 2 is 2.04 bits per heavy atom. The van der Waals surface area contributed by atoms with Gasteiger partial charge in [0.2, 0.25) is 0 Å². The molecule has 3 rings (SSSR count). The maximum absolute atomic E-state index is 13.0. The number of halogens is 3. The maximum Gasteiger partial charge on any atom is 0.433 e. The number of nitriles is 1. The van der Waals surface area contributed by atoms with Crippen LogP contribution in [0.3, 0.4) is 0 Å². The number of likely N-dealkylation sites (tertiary alicyclic amines) is 1. The van der Waals surface area contributed by atoms with E-state index in [9.17, 15) is 18.4 Å². The molecule has 7 heteroatoms. The lowest BCUT2D eigenvalue weighted by molar-refractivity contribution is -0.141. The van der Waals surface area contributed by atoms with E-state index in [0.717, 1.165) is 38.4 Å². The number of hydrogen-bond acceptors (Lipinski definition) is 4. The first-order chi connectivity index (χ1) is 10.9. The highest BCUT2D eigenvalue weighted by Gasteiger charge is 2.38. The lowest BCUT2D eigenvalue weighted by Crippen LogP contribution is -2.53. The van der Waals surface area contributed by atoms with Gasteiger partial charge in [0.05, 0.1) is 5.56 Å². The monoisotopic (exact) mass is 324 g/mol. The molecule has 2 saturated heterocycles. The van der Waals surface area contributed by atoms with Crippen molar-refractivity contribution in [2.75, 3.05) is 31.6 Å². The second-order valence-corrected chi connectivity index (χ2v) is 6.39. The van der Waals surface area contributed by atoms with Crippen molar-refractivity contribution in [3.05, 3.63) is 23.4 Å². The molecule has 0 amide bonds. The first-order valence-electron chi connectivity index (χ1n) is 7.83. The summed E-state index contributed by atoms with van der Waals surface area (Å²) < 4.78 is 39.0. The molecule has 4 nitrogen and oxygen atoms in total. The zero-order valence-corrected chi connectivity index (χ0v) is 13.0. The first kappa shape index (κ1) is 16.1. The molecule has 0 N–H and O–H groups in total. The van der Waals surface area contributed by atoms with Crippen LogP contribution in [0.5, 0.6) is 0 Å². The summed E-state index contributed by atoms with van der Waals surface area (Å²) in [6, 6.07) is 4.29. The lowest BCUT2D eigenvalue weighted by atomic mass is 9.84. The van der Waals surface area contributed by atoms with Crippen LogP contribution in [0.15, 0.2) is 12.1 Å². The summed E-state index contributed by atoms with van der Waals surface area (Å²) in [6.07, 6.45) is -1.61. The fourth-order valence-corrected chi connectivity index (χ4v) is 3.76. The van der Waals surface area contributed by atoms with Gasteiger partial charge in [0.15, 0.2) is 0 Å². The molecule has 2 aliphatic rings. The molecule has 3 heterocycles. The van der Waals surface area contributed by atoms with E-state index in [1.165, 1.54) is 6.07 Å². The third-order valence-corrected chi connectivity index (χ3v) is 4.83. The highest BCUT2D eigenvalue weighted by atomic mass is 19.4. The van der Waals surface area contributed by atoms with Crippen LogP contribution < -0.4 is 4.90 Å². The summed E-state index contributed by atoms with van der Waals surface area (Å²) in [5.41, 5.74) is -0.709. The molecule has 0 radical (unpaired) electrons. The van der Waals surface area contributed by atoms with E-state index < -0.39 is 11.9 Å². The van der Waals surface area contributed by atoms with Gasteiger partial charge in [-0.25, -0.2) is 4.98 Å². The molecule has 0 spiro atoms. The molecule has 0 aliphatic carbocycles. The SMILES string of the molecule is CN1CC[C@H]2[C@@H](CCCN2c2nc(C(F)(F)F)ccc2C#N)C1. The minimum atomic E-state index is -4.50. The summed E-state index contributed by atoms with van der Waals surface area (Å²) in [4.78, 5) is 8.01. The Morgan fingerprint density at radius 1 is 1.26 bits per heavy atom. The first-order valence-corrected chi connectivity index (χ1v) is 7.83. The summed E-state index contributed by atoms with van der Waals surface area (Å²) in [5.74, 6) is 0.618. The molecule has 23 heavy (non-hydrogen) atoms. The number of pyridine rings is 1. The average molecular weight is 324 g/mol. The number of fused-ring (bicyclic) bond motifs is 1. The predicted octanol–water partition coefficient (Wildman–Crippen LogP) is 2.89. The Labute approximate surface area is 133 Å². The quantitative estimate of drug-likeness (QED) is 0.797. The number of anilines is 1. The summed E-state index contributed by atoms with van der Waals surface area (Å²) in [6.45, 7) is 2.52. The zero-order chi connectivity index (χ0) is 16.6. The number of nitrogens with zero attached hydrogens (tertiary/aromatic N) is 4. The van der Waals surface area contributed by atoms with Gasteiger partial charge in [0, 0.05) is 19.1 Å². The van der Waals surface area contributed by atoms with Gasteiger partial charge in [0.1, 0.15) is 17.6 Å². The Balaban J connectivity index is 1.97. The van der Waals surface area contributed by atoms with E-state index in [1.807, 2.05) is 11.0 Å². The van der Waals surface area contributed by atoms with Gasteiger partial charge in [-0.05, 0) is 50.9 Å². The van der Waals surface area contributed by atoms with Crippen molar-refractivity contribution < 1.29 is 13.2 Å². The number of aromatic nitrogens is 1. The summed E-state index contributed by atoms with van der Waals surface area (Å²) >= 11 is 0. The van der Waals surface area contributed by atoms with E-state index in [4.69, 9.17) is 0 Å². The zero-order valence-electron chi connectivity index (χ0n) is 13.0. The summed E-state index contributed by atoms with van der Waals surface area (Å²) in [7, 11) is 2.07. The van der Waals surface area contributed by atoms with Gasteiger partial charge < -0.3 is 9.80 Å². The third kappa shape index (κ3) is 3.13. The van der Waals surface area contributed by atoms with Crippen molar-refractivity contribution >= 4 is 5.82 Å². The molecule has 2 fully saturated rings. The van der Waals surface area contributed by atoms with Crippen molar-refractivity contribution in [3.63, 3.8) is 0 Å². The normalized spacial score (nSPS) is 25.8. The van der Waals surface area contributed by atoms with Crippen molar-refractivity contribution in [2.24, 2.45) is 5.92 Å². The predicted molar refractivity (Wildman–Crippen MR) is 79.9 cm³/mol. The Bertz CT molecular complexity index is 623. The molecular weight excluding hydrogens is 305 g/mol. The molecule has 2 aliphatic heterocycles. The van der Waals surface area contributed by atoms with E-state index in [2.05, 4.69) is 16.9 Å². The van der Waals surface area contributed by atoms with Gasteiger partial charge in [-0.2, -0.15) is 18.4 Å². The lowest BCUT2D eigenvalue weighted by Gasteiger charge is -2.47. The third-order valence-electron chi connectivity index (χ3n) is 4.83. The molecular formula is C16H19F3N4. The second kappa shape index (κ2) is 6.00. The molecule has 0 bridgehead atoms. The van der Waals surface area contributed by atoms with Crippen molar-refractivity contribution in [1.29, 1.82) is 5.26 Å². The topological polar surface area (TPSA) is 43.2 Å². The fourth-order valence-electron chi connectivity index (χ4n) is 3.76. The van der Waals surface area contributed by atoms with Crippen LogP contribution in [0.2, 0.25) is 0 Å². The van der Waals surface area contributed by atoms with Gasteiger partial charge in [-0.15, -0.1) is 0 Å². The van der Waals surface area contributed by atoms with Crippen molar-refractivity contribution in [3.8, 4) is 6.07 Å².